The first-order chi connectivity index (χ1) is 19.2. The molecule has 2 aromatic heterocycles. The molecule has 0 aliphatic rings. The number of hydrogen-bond acceptors (Lipinski definition) is 5. The topological polar surface area (TPSA) is 116 Å². The second-order valence-corrected chi connectivity index (χ2v) is 10.2. The quantitative estimate of drug-likeness (QED) is 0.213. The fourth-order valence-electron chi connectivity index (χ4n) is 4.62. The summed E-state index contributed by atoms with van der Waals surface area (Å²) in [6, 6.07) is 22.5. The average molecular weight is 541 g/mol. The third-order valence-electron chi connectivity index (χ3n) is 6.94. The number of aryl methyl sites for hydroxylation is 2. The van der Waals surface area contributed by atoms with E-state index in [1.165, 1.54) is 12.1 Å². The van der Waals surface area contributed by atoms with Gasteiger partial charge in [0.2, 0.25) is 5.91 Å². The van der Waals surface area contributed by atoms with Gasteiger partial charge in [0.25, 0.3) is 0 Å². The first-order valence-corrected chi connectivity index (χ1v) is 13.4. The van der Waals surface area contributed by atoms with Crippen LogP contribution in [0.15, 0.2) is 79.0 Å². The van der Waals surface area contributed by atoms with Gasteiger partial charge in [-0.15, -0.1) is 0 Å². The minimum Gasteiger partial charge on any atom is -0.478 e. The van der Waals surface area contributed by atoms with Crippen molar-refractivity contribution in [1.82, 2.24) is 20.2 Å². The third-order valence-corrected chi connectivity index (χ3v) is 6.94. The molecule has 0 saturated carbocycles. The molecule has 1 unspecified atom stereocenters. The standard InChI is InChI=1S/C32H36N4O4/c1-21(33-20-29(37)28-14-15-30(34-19-28)36-22(2)4-5-23(36)3)16-24-6-8-25(9-7-24)17-31(38)35-18-26-10-12-27(13-11-26)32(39)40/h4-15,19,21,29,33,37H,16-18,20H2,1-3H3,(H,35,38)(H,39,40)/t21?,29-/m0/s1. The van der Waals surface area contributed by atoms with Crippen LogP contribution in [0.25, 0.3) is 5.82 Å². The predicted octanol–water partition coefficient (Wildman–Crippen LogP) is 4.30. The molecule has 0 aliphatic carbocycles. The van der Waals surface area contributed by atoms with E-state index in [9.17, 15) is 14.7 Å². The van der Waals surface area contributed by atoms with E-state index in [1.54, 1.807) is 18.3 Å². The van der Waals surface area contributed by atoms with E-state index in [0.717, 1.165) is 45.9 Å². The number of benzene rings is 2. The second-order valence-electron chi connectivity index (χ2n) is 10.2. The van der Waals surface area contributed by atoms with Crippen LogP contribution < -0.4 is 10.6 Å². The molecule has 4 N–H and O–H groups in total. The summed E-state index contributed by atoms with van der Waals surface area (Å²) in [4.78, 5) is 27.9. The Kier molecular flexibility index (Phi) is 9.47. The van der Waals surface area contributed by atoms with Gasteiger partial charge in [-0.1, -0.05) is 42.5 Å². The Bertz CT molecular complexity index is 1410. The Morgan fingerprint density at radius 1 is 0.875 bits per heavy atom. The Labute approximate surface area is 234 Å². The molecular formula is C32H36N4O4. The highest BCUT2D eigenvalue weighted by molar-refractivity contribution is 5.87. The number of aromatic nitrogens is 2. The van der Waals surface area contributed by atoms with E-state index in [-0.39, 0.29) is 23.9 Å². The summed E-state index contributed by atoms with van der Waals surface area (Å²) in [6.45, 7) is 6.93. The summed E-state index contributed by atoms with van der Waals surface area (Å²) >= 11 is 0. The van der Waals surface area contributed by atoms with Crippen molar-refractivity contribution in [3.63, 3.8) is 0 Å². The van der Waals surface area contributed by atoms with Crippen molar-refractivity contribution in [2.24, 2.45) is 0 Å². The summed E-state index contributed by atoms with van der Waals surface area (Å²) in [5.74, 6) is -0.231. The SMILES string of the molecule is Cc1ccc(C)n1-c1ccc([C@@H](O)CNC(C)Cc2ccc(CC(=O)NCc3ccc(C(=O)O)cc3)cc2)cn1. The highest BCUT2D eigenvalue weighted by Gasteiger charge is 2.13. The van der Waals surface area contributed by atoms with Crippen LogP contribution in [0.4, 0.5) is 0 Å². The van der Waals surface area contributed by atoms with Crippen LogP contribution in [0.2, 0.25) is 0 Å². The van der Waals surface area contributed by atoms with E-state index in [4.69, 9.17) is 5.11 Å². The number of hydrogen-bond donors (Lipinski definition) is 4. The lowest BCUT2D eigenvalue weighted by molar-refractivity contribution is -0.120. The zero-order valence-electron chi connectivity index (χ0n) is 23.1. The van der Waals surface area contributed by atoms with Crippen molar-refractivity contribution in [2.45, 2.75) is 52.3 Å². The van der Waals surface area contributed by atoms with Crippen LogP contribution in [0.1, 0.15) is 57.0 Å². The molecule has 0 spiro atoms. The number of aromatic carboxylic acids is 1. The molecule has 0 fully saturated rings. The average Bonchev–Trinajstić information content (AvgIpc) is 3.29. The van der Waals surface area contributed by atoms with E-state index < -0.39 is 12.1 Å². The highest BCUT2D eigenvalue weighted by atomic mass is 16.4. The Balaban J connectivity index is 1.20. The molecule has 4 aromatic rings. The van der Waals surface area contributed by atoms with Crippen LogP contribution in [0.5, 0.6) is 0 Å². The maximum Gasteiger partial charge on any atom is 0.335 e. The number of carbonyl (C=O) groups is 2. The van der Waals surface area contributed by atoms with Gasteiger partial charge in [-0.05, 0) is 74.2 Å². The monoisotopic (exact) mass is 540 g/mol. The van der Waals surface area contributed by atoms with Crippen LogP contribution in [0, 0.1) is 13.8 Å². The lowest BCUT2D eigenvalue weighted by atomic mass is 10.0. The lowest BCUT2D eigenvalue weighted by Crippen LogP contribution is -2.32. The molecule has 0 radical (unpaired) electrons. The van der Waals surface area contributed by atoms with Gasteiger partial charge < -0.3 is 25.4 Å². The normalized spacial score (nSPS) is 12.6. The Hall–Kier alpha value is -4.27. The van der Waals surface area contributed by atoms with Crippen molar-refractivity contribution in [1.29, 1.82) is 0 Å². The molecule has 2 heterocycles. The maximum atomic E-state index is 12.4. The molecule has 4 rings (SSSR count). The maximum absolute atomic E-state index is 12.4. The van der Waals surface area contributed by atoms with E-state index in [0.29, 0.717) is 13.1 Å². The Morgan fingerprint density at radius 2 is 1.50 bits per heavy atom. The highest BCUT2D eigenvalue weighted by Crippen LogP contribution is 2.17. The number of nitrogens with one attached hydrogen (secondary N) is 2. The molecule has 2 aromatic carbocycles. The minimum absolute atomic E-state index is 0.0970. The van der Waals surface area contributed by atoms with Gasteiger partial charge in [-0.25, -0.2) is 9.78 Å². The molecule has 208 valence electrons. The molecule has 8 heteroatoms. The molecule has 0 bridgehead atoms. The number of pyridine rings is 1. The van der Waals surface area contributed by atoms with Gasteiger partial charge in [-0.3, -0.25) is 4.79 Å². The van der Waals surface area contributed by atoms with Crippen LogP contribution in [-0.4, -0.2) is 44.2 Å². The van der Waals surface area contributed by atoms with Gasteiger partial charge in [0, 0.05) is 42.3 Å². The smallest absolute Gasteiger partial charge is 0.335 e. The van der Waals surface area contributed by atoms with Gasteiger partial charge in [0.15, 0.2) is 0 Å². The molecular weight excluding hydrogens is 504 g/mol. The fourth-order valence-corrected chi connectivity index (χ4v) is 4.62. The summed E-state index contributed by atoms with van der Waals surface area (Å²) in [5.41, 5.74) is 6.12. The predicted molar refractivity (Wildman–Crippen MR) is 155 cm³/mol. The van der Waals surface area contributed by atoms with Crippen LogP contribution in [0.3, 0.4) is 0 Å². The largest absolute Gasteiger partial charge is 0.478 e. The van der Waals surface area contributed by atoms with Gasteiger partial charge >= 0.3 is 5.97 Å². The van der Waals surface area contributed by atoms with Crippen molar-refractivity contribution >= 4 is 11.9 Å². The zero-order valence-corrected chi connectivity index (χ0v) is 23.1. The number of carboxylic acids is 1. The third kappa shape index (κ3) is 7.65. The zero-order chi connectivity index (χ0) is 28.6. The van der Waals surface area contributed by atoms with Gasteiger partial charge in [-0.2, -0.15) is 0 Å². The number of nitrogens with zero attached hydrogens (tertiary/aromatic N) is 2. The molecule has 1 amide bonds. The summed E-state index contributed by atoms with van der Waals surface area (Å²) in [6.07, 6.45) is 2.13. The number of carbonyl (C=O) groups excluding carboxylic acids is 1. The van der Waals surface area contributed by atoms with E-state index in [1.807, 2.05) is 50.2 Å². The molecule has 2 atom stereocenters. The summed E-state index contributed by atoms with van der Waals surface area (Å²) in [7, 11) is 0. The molecule has 0 aliphatic heterocycles. The number of aliphatic hydroxyl groups excluding tert-OH is 1. The number of carboxylic acid groups (broad SMARTS) is 1. The number of aliphatic hydroxyl groups is 1. The number of amides is 1. The van der Waals surface area contributed by atoms with Crippen molar-refractivity contribution in [3.05, 3.63) is 118 Å². The van der Waals surface area contributed by atoms with Crippen molar-refractivity contribution < 1.29 is 19.8 Å². The van der Waals surface area contributed by atoms with Gasteiger partial charge in [0.1, 0.15) is 5.82 Å². The van der Waals surface area contributed by atoms with Crippen molar-refractivity contribution in [2.75, 3.05) is 6.54 Å². The number of rotatable bonds is 12. The van der Waals surface area contributed by atoms with Crippen LogP contribution in [-0.2, 0) is 24.2 Å². The molecule has 40 heavy (non-hydrogen) atoms. The lowest BCUT2D eigenvalue weighted by Gasteiger charge is -2.18. The van der Waals surface area contributed by atoms with Crippen molar-refractivity contribution in [3.8, 4) is 5.82 Å². The first kappa shape index (κ1) is 28.7. The van der Waals surface area contributed by atoms with E-state index >= 15 is 0 Å². The summed E-state index contributed by atoms with van der Waals surface area (Å²) in [5, 5.41) is 25.9. The minimum atomic E-state index is -0.973. The van der Waals surface area contributed by atoms with Gasteiger partial charge in [0.05, 0.1) is 18.1 Å². The second kappa shape index (κ2) is 13.2. The molecule has 0 saturated heterocycles. The van der Waals surface area contributed by atoms with E-state index in [2.05, 4.69) is 39.2 Å². The van der Waals surface area contributed by atoms with Crippen LogP contribution >= 0.6 is 0 Å². The first-order valence-electron chi connectivity index (χ1n) is 13.4. The summed E-state index contributed by atoms with van der Waals surface area (Å²) < 4.78 is 2.08. The Morgan fingerprint density at radius 3 is 2.10 bits per heavy atom. The molecule has 8 nitrogen and oxygen atoms in total. The fraction of sp³-hybridized carbons (Fsp3) is 0.281.